The number of hydrazone groups is 1. The average Bonchev–Trinajstić information content (AvgIpc) is 2.81. The second-order valence-corrected chi connectivity index (χ2v) is 10.0. The number of benzene rings is 3. The first-order chi connectivity index (χ1) is 15.7. The second-order valence-electron chi connectivity index (χ2n) is 7.27. The number of aryl methyl sites for hydroxylation is 1. The lowest BCUT2D eigenvalue weighted by molar-refractivity contribution is -0.119. The first kappa shape index (κ1) is 24.5. The van der Waals surface area contributed by atoms with Gasteiger partial charge in [0.05, 0.1) is 23.4 Å². The molecule has 0 aliphatic heterocycles. The van der Waals surface area contributed by atoms with Crippen molar-refractivity contribution in [2.24, 2.45) is 5.10 Å². The molecule has 3 aromatic carbocycles. The number of ether oxygens (including phenoxy) is 1. The zero-order chi connectivity index (χ0) is 24.0. The quantitative estimate of drug-likeness (QED) is 0.343. The topological polar surface area (TPSA) is 88.1 Å². The zero-order valence-electron chi connectivity index (χ0n) is 18.4. The molecule has 0 fully saturated rings. The van der Waals surface area contributed by atoms with Crippen molar-refractivity contribution in [3.8, 4) is 5.75 Å². The molecule has 0 bridgehead atoms. The van der Waals surface area contributed by atoms with E-state index in [1.807, 2.05) is 31.2 Å². The van der Waals surface area contributed by atoms with Gasteiger partial charge in [0.25, 0.3) is 15.9 Å². The minimum absolute atomic E-state index is 0.0468. The van der Waals surface area contributed by atoms with Crippen LogP contribution < -0.4 is 14.5 Å². The molecule has 0 atom stereocenters. The number of rotatable bonds is 8. The van der Waals surface area contributed by atoms with E-state index < -0.39 is 22.5 Å². The predicted molar refractivity (Wildman–Crippen MR) is 133 cm³/mol. The molecule has 3 rings (SSSR count). The van der Waals surface area contributed by atoms with E-state index in [0.717, 1.165) is 19.9 Å². The van der Waals surface area contributed by atoms with Crippen LogP contribution in [0.15, 0.2) is 87.3 Å². The summed E-state index contributed by atoms with van der Waals surface area (Å²) in [6.07, 6.45) is 0. The van der Waals surface area contributed by atoms with Crippen molar-refractivity contribution in [1.82, 2.24) is 5.43 Å². The number of carbonyl (C=O) groups excluding carboxylic acids is 1. The third kappa shape index (κ3) is 6.21. The van der Waals surface area contributed by atoms with E-state index in [1.165, 1.54) is 19.2 Å². The fourth-order valence-corrected chi connectivity index (χ4v) is 4.81. The molecule has 0 aromatic heterocycles. The molecule has 0 spiro atoms. The van der Waals surface area contributed by atoms with Crippen molar-refractivity contribution < 1.29 is 17.9 Å². The van der Waals surface area contributed by atoms with Crippen LogP contribution in [-0.2, 0) is 14.8 Å². The van der Waals surface area contributed by atoms with E-state index in [4.69, 9.17) is 4.74 Å². The molecule has 0 heterocycles. The Morgan fingerprint density at radius 1 is 1.06 bits per heavy atom. The van der Waals surface area contributed by atoms with Gasteiger partial charge in [-0.25, -0.2) is 13.8 Å². The van der Waals surface area contributed by atoms with Crippen LogP contribution >= 0.6 is 15.9 Å². The molecule has 0 aliphatic rings. The average molecular weight is 530 g/mol. The highest BCUT2D eigenvalue weighted by Gasteiger charge is 2.27. The number of nitrogens with zero attached hydrogens (tertiary/aromatic N) is 2. The van der Waals surface area contributed by atoms with Crippen LogP contribution in [0.5, 0.6) is 5.75 Å². The number of hydrogen-bond donors (Lipinski definition) is 1. The highest BCUT2D eigenvalue weighted by Crippen LogP contribution is 2.25. The fourth-order valence-electron chi connectivity index (χ4n) is 2.99. The summed E-state index contributed by atoms with van der Waals surface area (Å²) in [5, 5.41) is 4.13. The Bertz CT molecular complexity index is 1260. The number of methoxy groups -OCH3 is 1. The largest absolute Gasteiger partial charge is 0.497 e. The minimum atomic E-state index is -4.02. The lowest BCUT2D eigenvalue weighted by Gasteiger charge is -2.24. The van der Waals surface area contributed by atoms with Gasteiger partial charge < -0.3 is 4.74 Å². The maximum atomic E-state index is 13.4. The van der Waals surface area contributed by atoms with Crippen molar-refractivity contribution in [2.75, 3.05) is 18.0 Å². The Labute approximate surface area is 202 Å². The van der Waals surface area contributed by atoms with Gasteiger partial charge in [-0.05, 0) is 67.9 Å². The van der Waals surface area contributed by atoms with Gasteiger partial charge in [-0.15, -0.1) is 0 Å². The number of anilines is 1. The monoisotopic (exact) mass is 529 g/mol. The van der Waals surface area contributed by atoms with E-state index in [2.05, 4.69) is 26.5 Å². The maximum absolute atomic E-state index is 13.4. The van der Waals surface area contributed by atoms with Gasteiger partial charge >= 0.3 is 0 Å². The van der Waals surface area contributed by atoms with Crippen molar-refractivity contribution >= 4 is 43.3 Å². The molecular weight excluding hydrogens is 506 g/mol. The van der Waals surface area contributed by atoms with Gasteiger partial charge in [0.15, 0.2) is 0 Å². The molecule has 0 radical (unpaired) electrons. The molecule has 0 unspecified atom stereocenters. The van der Waals surface area contributed by atoms with E-state index in [0.29, 0.717) is 17.1 Å². The van der Waals surface area contributed by atoms with E-state index >= 15 is 0 Å². The Hall–Kier alpha value is -3.17. The summed E-state index contributed by atoms with van der Waals surface area (Å²) in [4.78, 5) is 12.8. The lowest BCUT2D eigenvalue weighted by Crippen LogP contribution is -2.39. The minimum Gasteiger partial charge on any atom is -0.497 e. The van der Waals surface area contributed by atoms with Gasteiger partial charge in [0, 0.05) is 4.47 Å². The summed E-state index contributed by atoms with van der Waals surface area (Å²) in [6, 6.07) is 20.4. The Morgan fingerprint density at radius 3 is 2.33 bits per heavy atom. The first-order valence-electron chi connectivity index (χ1n) is 10.0. The highest BCUT2D eigenvalue weighted by atomic mass is 79.9. The molecule has 33 heavy (non-hydrogen) atoms. The van der Waals surface area contributed by atoms with Crippen molar-refractivity contribution in [1.29, 1.82) is 0 Å². The van der Waals surface area contributed by atoms with E-state index in [1.54, 1.807) is 43.3 Å². The normalized spacial score (nSPS) is 11.7. The van der Waals surface area contributed by atoms with Crippen LogP contribution in [0, 0.1) is 6.92 Å². The van der Waals surface area contributed by atoms with Crippen molar-refractivity contribution in [2.45, 2.75) is 18.7 Å². The third-order valence-electron chi connectivity index (χ3n) is 4.85. The predicted octanol–water partition coefficient (Wildman–Crippen LogP) is 4.50. The van der Waals surface area contributed by atoms with E-state index in [9.17, 15) is 13.2 Å². The Morgan fingerprint density at radius 2 is 1.73 bits per heavy atom. The van der Waals surface area contributed by atoms with Gasteiger partial charge in [-0.2, -0.15) is 5.10 Å². The van der Waals surface area contributed by atoms with Crippen LogP contribution in [0.2, 0.25) is 0 Å². The van der Waals surface area contributed by atoms with Crippen LogP contribution in [0.1, 0.15) is 18.1 Å². The standard InChI is InChI=1S/C24H24BrN3O4S/c1-17-7-9-21(10-8-17)28(33(30,31)23-13-11-22(32-3)12-14-23)16-24(29)27-26-18(2)19-5-4-6-20(25)15-19/h4-15H,16H2,1-3H3,(H,27,29)/b26-18-. The van der Waals surface area contributed by atoms with Crippen molar-refractivity contribution in [3.05, 3.63) is 88.4 Å². The number of sulfonamides is 1. The molecule has 1 amide bonds. The smallest absolute Gasteiger partial charge is 0.264 e. The number of carbonyl (C=O) groups is 1. The van der Waals surface area contributed by atoms with Crippen LogP contribution in [0.4, 0.5) is 5.69 Å². The molecule has 0 saturated carbocycles. The van der Waals surface area contributed by atoms with Gasteiger partial charge in [-0.1, -0.05) is 45.8 Å². The molecule has 0 aliphatic carbocycles. The van der Waals surface area contributed by atoms with Crippen LogP contribution in [0.3, 0.4) is 0 Å². The number of nitrogens with one attached hydrogen (secondary N) is 1. The highest BCUT2D eigenvalue weighted by molar-refractivity contribution is 9.10. The summed E-state index contributed by atoms with van der Waals surface area (Å²) in [5.41, 5.74) is 5.22. The number of amides is 1. The number of hydrogen-bond acceptors (Lipinski definition) is 5. The molecule has 172 valence electrons. The van der Waals surface area contributed by atoms with Gasteiger partial charge in [0.2, 0.25) is 0 Å². The summed E-state index contributed by atoms with van der Waals surface area (Å²) in [6.45, 7) is 3.22. The van der Waals surface area contributed by atoms with Gasteiger partial charge in [-0.3, -0.25) is 9.10 Å². The molecule has 3 aromatic rings. The van der Waals surface area contributed by atoms with E-state index in [-0.39, 0.29) is 4.90 Å². The zero-order valence-corrected chi connectivity index (χ0v) is 20.9. The summed E-state index contributed by atoms with van der Waals surface area (Å²) < 4.78 is 33.9. The maximum Gasteiger partial charge on any atom is 0.264 e. The van der Waals surface area contributed by atoms with Gasteiger partial charge in [0.1, 0.15) is 12.3 Å². The third-order valence-corrected chi connectivity index (χ3v) is 7.13. The molecule has 1 N–H and O–H groups in total. The Kier molecular flexibility index (Phi) is 7.88. The summed E-state index contributed by atoms with van der Waals surface area (Å²) in [7, 11) is -2.52. The van der Waals surface area contributed by atoms with Crippen LogP contribution in [-0.4, -0.2) is 33.7 Å². The second kappa shape index (κ2) is 10.6. The molecule has 7 nitrogen and oxygen atoms in total. The van der Waals surface area contributed by atoms with Crippen molar-refractivity contribution in [3.63, 3.8) is 0 Å². The fraction of sp³-hybridized carbons (Fsp3) is 0.167. The molecule has 0 saturated heterocycles. The summed E-state index contributed by atoms with van der Waals surface area (Å²) >= 11 is 3.40. The Balaban J connectivity index is 1.87. The summed E-state index contributed by atoms with van der Waals surface area (Å²) in [5.74, 6) is -0.0343. The number of halogens is 1. The SMILES string of the molecule is COc1ccc(S(=O)(=O)N(CC(=O)N/N=C(/C)c2cccc(Br)c2)c2ccc(C)cc2)cc1. The lowest BCUT2D eigenvalue weighted by atomic mass is 10.1. The molecular formula is C24H24BrN3O4S. The van der Waals surface area contributed by atoms with Crippen LogP contribution in [0.25, 0.3) is 0 Å². The first-order valence-corrected chi connectivity index (χ1v) is 12.3. The molecule has 9 heteroatoms.